The van der Waals surface area contributed by atoms with Crippen molar-refractivity contribution in [2.24, 2.45) is 0 Å². The van der Waals surface area contributed by atoms with Gasteiger partial charge in [0.05, 0.1) is 0 Å². The van der Waals surface area contributed by atoms with Crippen LogP contribution in [0.4, 0.5) is 0 Å². The maximum atomic E-state index is 4.74. The molecule has 14 heavy (non-hydrogen) atoms. The third-order valence-electron chi connectivity index (χ3n) is 2.14. The Morgan fingerprint density at radius 2 is 1.71 bits per heavy atom. The molecule has 0 amide bonds. The van der Waals surface area contributed by atoms with Crippen molar-refractivity contribution in [3.63, 3.8) is 0 Å². The molecule has 0 aliphatic carbocycles. The molecule has 1 heterocycles. The van der Waals surface area contributed by atoms with E-state index in [-0.39, 0.29) is 0 Å². The largest absolute Gasteiger partial charge is 0.483 e. The van der Waals surface area contributed by atoms with Crippen LogP contribution in [0.5, 0.6) is 0 Å². The van der Waals surface area contributed by atoms with Gasteiger partial charge in [0, 0.05) is 27.4 Å². The lowest BCUT2D eigenvalue weighted by molar-refractivity contribution is 0.163. The van der Waals surface area contributed by atoms with Crippen LogP contribution in [-0.4, -0.2) is 43.4 Å². The van der Waals surface area contributed by atoms with E-state index in [1.54, 1.807) is 21.3 Å². The molecule has 1 fully saturated rings. The minimum atomic E-state index is -1.67. The van der Waals surface area contributed by atoms with E-state index < -0.39 is 9.53 Å². The molecule has 0 aromatic heterocycles. The average molecular weight is 221 g/mol. The van der Waals surface area contributed by atoms with Crippen molar-refractivity contribution in [3.05, 3.63) is 0 Å². The van der Waals surface area contributed by atoms with Crippen molar-refractivity contribution in [1.82, 2.24) is 5.32 Å². The predicted molar refractivity (Wildman–Crippen MR) is 59.5 cm³/mol. The maximum absolute atomic E-state index is 4.74. The third-order valence-corrected chi connectivity index (χ3v) is 3.29. The van der Waals surface area contributed by atoms with Crippen molar-refractivity contribution < 1.29 is 13.3 Å². The monoisotopic (exact) mass is 221 g/mol. The van der Waals surface area contributed by atoms with Crippen LogP contribution in [0.3, 0.4) is 0 Å². The highest BCUT2D eigenvalue weighted by molar-refractivity contribution is 6.36. The van der Waals surface area contributed by atoms with E-state index >= 15 is 0 Å². The Kier molecular flexibility index (Phi) is 9.64. The van der Waals surface area contributed by atoms with E-state index in [2.05, 4.69) is 12.2 Å². The summed E-state index contributed by atoms with van der Waals surface area (Å²) < 4.78 is 14.2. The van der Waals surface area contributed by atoms with Crippen molar-refractivity contribution in [2.45, 2.75) is 32.2 Å². The number of hydrogen-bond acceptors (Lipinski definition) is 4. The van der Waals surface area contributed by atoms with Crippen LogP contribution < -0.4 is 5.32 Å². The second kappa shape index (κ2) is 9.61. The van der Waals surface area contributed by atoms with Gasteiger partial charge in [-0.25, -0.2) is 0 Å². The van der Waals surface area contributed by atoms with Crippen LogP contribution in [0.25, 0.3) is 0 Å². The Hall–Kier alpha value is 0.0569. The quantitative estimate of drug-likeness (QED) is 0.697. The standard InChI is InChI=1S/C6H13N.C3H10O3Si/c1-2-3-6-4-5-7-6;1-4-7(5-2)6-3/h6-7H,2-5H2,1H3;7H,1-3H3. The first-order chi connectivity index (χ1) is 6.78. The average Bonchev–Trinajstić information content (AvgIpc) is 2.15. The molecule has 1 unspecified atom stereocenters. The van der Waals surface area contributed by atoms with E-state index in [1.165, 1.54) is 25.8 Å². The van der Waals surface area contributed by atoms with Gasteiger partial charge in [-0.3, -0.25) is 0 Å². The highest BCUT2D eigenvalue weighted by atomic mass is 28.3. The van der Waals surface area contributed by atoms with Gasteiger partial charge in [0.2, 0.25) is 0 Å². The Morgan fingerprint density at radius 1 is 1.21 bits per heavy atom. The smallest absolute Gasteiger partial charge is 0.379 e. The Morgan fingerprint density at radius 3 is 1.79 bits per heavy atom. The molecule has 1 aliphatic heterocycles. The molecule has 1 atom stereocenters. The normalized spacial score (nSPS) is 19.9. The zero-order valence-corrected chi connectivity index (χ0v) is 10.9. The summed E-state index contributed by atoms with van der Waals surface area (Å²) in [5, 5.41) is 3.35. The Labute approximate surface area is 88.9 Å². The van der Waals surface area contributed by atoms with E-state index in [9.17, 15) is 0 Å². The second-order valence-corrected chi connectivity index (χ2v) is 5.22. The summed E-state index contributed by atoms with van der Waals surface area (Å²) in [5.41, 5.74) is 0. The van der Waals surface area contributed by atoms with Gasteiger partial charge >= 0.3 is 9.53 Å². The van der Waals surface area contributed by atoms with Gasteiger partial charge in [-0.15, -0.1) is 0 Å². The number of hydrogen-bond donors (Lipinski definition) is 1. The zero-order chi connectivity index (χ0) is 10.8. The summed E-state index contributed by atoms with van der Waals surface area (Å²) in [5.74, 6) is 0. The molecule has 1 saturated heterocycles. The van der Waals surface area contributed by atoms with Crippen molar-refractivity contribution >= 4 is 9.53 Å². The zero-order valence-electron chi connectivity index (χ0n) is 9.71. The molecule has 0 bridgehead atoms. The second-order valence-electron chi connectivity index (χ2n) is 3.22. The van der Waals surface area contributed by atoms with Crippen LogP contribution >= 0.6 is 0 Å². The molecule has 0 aromatic carbocycles. The molecule has 4 nitrogen and oxygen atoms in total. The topological polar surface area (TPSA) is 39.7 Å². The van der Waals surface area contributed by atoms with Crippen LogP contribution in [-0.2, 0) is 13.3 Å². The van der Waals surface area contributed by atoms with Gasteiger partial charge in [0.1, 0.15) is 0 Å². The fourth-order valence-corrected chi connectivity index (χ4v) is 1.81. The minimum absolute atomic E-state index is 0.880. The SMILES string of the molecule is CCCC1CCN1.CO[SiH](OC)OC. The lowest BCUT2D eigenvalue weighted by atomic mass is 10.0. The molecule has 1 rings (SSSR count). The fraction of sp³-hybridized carbons (Fsp3) is 1.00. The minimum Gasteiger partial charge on any atom is -0.379 e. The van der Waals surface area contributed by atoms with E-state index in [0.717, 1.165) is 6.04 Å². The summed E-state index contributed by atoms with van der Waals surface area (Å²) in [4.78, 5) is 0. The van der Waals surface area contributed by atoms with Gasteiger partial charge in [-0.1, -0.05) is 13.3 Å². The highest BCUT2D eigenvalue weighted by Gasteiger charge is 2.13. The molecular formula is C9H23NO3Si. The van der Waals surface area contributed by atoms with E-state index in [4.69, 9.17) is 13.3 Å². The first-order valence-electron chi connectivity index (χ1n) is 5.10. The number of rotatable bonds is 5. The van der Waals surface area contributed by atoms with Crippen LogP contribution in [0.1, 0.15) is 26.2 Å². The molecule has 1 aliphatic rings. The highest BCUT2D eigenvalue weighted by Crippen LogP contribution is 2.07. The molecule has 86 valence electrons. The van der Waals surface area contributed by atoms with E-state index in [1.807, 2.05) is 0 Å². The molecule has 1 N–H and O–H groups in total. The maximum Gasteiger partial charge on any atom is 0.483 e. The molecule has 0 radical (unpaired) electrons. The van der Waals surface area contributed by atoms with Crippen molar-refractivity contribution in [2.75, 3.05) is 27.9 Å². The van der Waals surface area contributed by atoms with Crippen molar-refractivity contribution in [3.8, 4) is 0 Å². The first kappa shape index (κ1) is 14.1. The van der Waals surface area contributed by atoms with Crippen LogP contribution in [0.15, 0.2) is 0 Å². The van der Waals surface area contributed by atoms with Crippen LogP contribution in [0, 0.1) is 0 Å². The van der Waals surface area contributed by atoms with Gasteiger partial charge in [0.15, 0.2) is 0 Å². The predicted octanol–water partition coefficient (Wildman–Crippen LogP) is 0.791. The lowest BCUT2D eigenvalue weighted by Gasteiger charge is -2.26. The van der Waals surface area contributed by atoms with Gasteiger partial charge in [0.25, 0.3) is 0 Å². The molecule has 5 heteroatoms. The summed E-state index contributed by atoms with van der Waals surface area (Å²) in [6, 6.07) is 0.880. The molecule has 0 aromatic rings. The summed E-state index contributed by atoms with van der Waals surface area (Å²) in [6.45, 7) is 3.49. The van der Waals surface area contributed by atoms with Gasteiger partial charge < -0.3 is 18.6 Å². The first-order valence-corrected chi connectivity index (χ1v) is 6.51. The summed E-state index contributed by atoms with van der Waals surface area (Å²) in [6.07, 6.45) is 4.12. The van der Waals surface area contributed by atoms with Crippen molar-refractivity contribution in [1.29, 1.82) is 0 Å². The lowest BCUT2D eigenvalue weighted by Crippen LogP contribution is -2.42. The third kappa shape index (κ3) is 6.50. The Balaban J connectivity index is 0.000000241. The van der Waals surface area contributed by atoms with E-state index in [0.29, 0.717) is 0 Å². The fourth-order valence-electron chi connectivity index (χ4n) is 1.23. The molecule has 0 saturated carbocycles. The van der Waals surface area contributed by atoms with Crippen LogP contribution in [0.2, 0.25) is 0 Å². The summed E-state index contributed by atoms with van der Waals surface area (Å²) in [7, 11) is 3.05. The van der Waals surface area contributed by atoms with Gasteiger partial charge in [-0.05, 0) is 19.4 Å². The Bertz CT molecular complexity index is 113. The molecular weight excluding hydrogens is 198 g/mol. The number of nitrogens with one attached hydrogen (secondary N) is 1. The van der Waals surface area contributed by atoms with Gasteiger partial charge in [-0.2, -0.15) is 0 Å². The molecule has 0 spiro atoms. The summed E-state index contributed by atoms with van der Waals surface area (Å²) >= 11 is 0.